The van der Waals surface area contributed by atoms with Crippen LogP contribution < -0.4 is 10.1 Å². The second-order valence-corrected chi connectivity index (χ2v) is 6.79. The summed E-state index contributed by atoms with van der Waals surface area (Å²) in [5, 5.41) is 3.44. The molecule has 0 amide bonds. The van der Waals surface area contributed by atoms with E-state index in [1.807, 2.05) is 25.2 Å². The average Bonchev–Trinajstić information content (AvgIpc) is 3.10. The van der Waals surface area contributed by atoms with Gasteiger partial charge in [0.05, 0.1) is 26.4 Å². The van der Waals surface area contributed by atoms with E-state index < -0.39 is 0 Å². The number of hydrogen-bond acceptors (Lipinski definition) is 4. The van der Waals surface area contributed by atoms with Crippen LogP contribution in [0.1, 0.15) is 18.9 Å². The number of halogens is 1. The minimum Gasteiger partial charge on any atom is -0.489 e. The fourth-order valence-corrected chi connectivity index (χ4v) is 3.07. The van der Waals surface area contributed by atoms with Crippen LogP contribution in [0.5, 0.6) is 5.75 Å². The average molecular weight is 491 g/mol. The van der Waals surface area contributed by atoms with Crippen molar-refractivity contribution in [1.82, 2.24) is 10.2 Å². The second-order valence-electron chi connectivity index (χ2n) is 6.79. The lowest BCUT2D eigenvalue weighted by Crippen LogP contribution is -2.43. The van der Waals surface area contributed by atoms with Crippen LogP contribution in [0.25, 0.3) is 0 Å². The maximum absolute atomic E-state index is 6.03. The summed E-state index contributed by atoms with van der Waals surface area (Å²) in [6.45, 7) is 8.92. The third-order valence-corrected chi connectivity index (χ3v) is 4.55. The van der Waals surface area contributed by atoms with Crippen molar-refractivity contribution in [1.29, 1.82) is 0 Å². The van der Waals surface area contributed by atoms with Gasteiger partial charge in [-0.2, -0.15) is 0 Å². The quantitative estimate of drug-likeness (QED) is 0.249. The minimum atomic E-state index is 0. The van der Waals surface area contributed by atoms with Gasteiger partial charge in [0, 0.05) is 33.2 Å². The highest BCUT2D eigenvalue weighted by atomic mass is 127. The molecule has 1 aliphatic rings. The first-order valence-corrected chi connectivity index (χ1v) is 9.38. The molecule has 1 aromatic carbocycles. The van der Waals surface area contributed by atoms with Gasteiger partial charge < -0.3 is 24.4 Å². The van der Waals surface area contributed by atoms with E-state index in [-0.39, 0.29) is 30.1 Å². The molecule has 1 saturated heterocycles. The zero-order chi connectivity index (χ0) is 18.8. The molecule has 1 heterocycles. The smallest absolute Gasteiger partial charge is 0.193 e. The monoisotopic (exact) mass is 491 g/mol. The Labute approximate surface area is 180 Å². The number of likely N-dealkylation sites (tertiary alicyclic amines) is 1. The van der Waals surface area contributed by atoms with Gasteiger partial charge in [0.25, 0.3) is 0 Å². The molecular formula is C20H34IN3O3. The number of ether oxygens (including phenoxy) is 3. The van der Waals surface area contributed by atoms with Crippen LogP contribution in [-0.2, 0) is 9.47 Å². The van der Waals surface area contributed by atoms with Crippen molar-refractivity contribution < 1.29 is 14.2 Å². The van der Waals surface area contributed by atoms with Crippen molar-refractivity contribution >= 4 is 29.9 Å². The highest BCUT2D eigenvalue weighted by molar-refractivity contribution is 14.0. The Balaban J connectivity index is 0.00000364. The van der Waals surface area contributed by atoms with E-state index in [0.29, 0.717) is 25.7 Å². The van der Waals surface area contributed by atoms with Crippen LogP contribution in [0, 0.1) is 12.8 Å². The van der Waals surface area contributed by atoms with Crippen molar-refractivity contribution in [3.8, 4) is 5.75 Å². The van der Waals surface area contributed by atoms with Crippen LogP contribution in [0.2, 0.25) is 0 Å². The first-order valence-electron chi connectivity index (χ1n) is 9.38. The number of nitrogens with one attached hydrogen (secondary N) is 1. The first kappa shape index (κ1) is 24.0. The molecule has 0 spiro atoms. The second kappa shape index (κ2) is 13.2. The lowest BCUT2D eigenvalue weighted by atomic mass is 10.1. The molecule has 1 aliphatic heterocycles. The SMILES string of the molecule is CN=C(NCC(C)Oc1ccccc1C)N1CCC(COCCOC)C1.I. The fourth-order valence-electron chi connectivity index (χ4n) is 3.07. The molecule has 154 valence electrons. The van der Waals surface area contributed by atoms with Gasteiger partial charge in [0.1, 0.15) is 11.9 Å². The summed E-state index contributed by atoms with van der Waals surface area (Å²) in [4.78, 5) is 6.72. The van der Waals surface area contributed by atoms with Crippen molar-refractivity contribution in [2.75, 3.05) is 53.6 Å². The van der Waals surface area contributed by atoms with Crippen LogP contribution in [0.15, 0.2) is 29.3 Å². The topological polar surface area (TPSA) is 55.3 Å². The first-order chi connectivity index (χ1) is 12.6. The number of aliphatic imine (C=N–C) groups is 1. The van der Waals surface area contributed by atoms with Gasteiger partial charge in [-0.05, 0) is 31.9 Å². The Hall–Kier alpha value is -1.06. The number of guanidine groups is 1. The maximum atomic E-state index is 6.03. The molecule has 0 aromatic heterocycles. The van der Waals surface area contributed by atoms with Crippen molar-refractivity contribution in [3.05, 3.63) is 29.8 Å². The molecule has 6 nitrogen and oxygen atoms in total. The number of nitrogens with zero attached hydrogens (tertiary/aromatic N) is 2. The standard InChI is InChI=1S/C20H33N3O3.HI/c1-16-7-5-6-8-19(16)26-17(2)13-22-20(21-3)23-10-9-18(14-23)15-25-12-11-24-4;/h5-8,17-18H,9-15H2,1-4H3,(H,21,22);1H. The molecule has 2 atom stereocenters. The molecule has 2 unspecified atom stereocenters. The molecular weight excluding hydrogens is 457 g/mol. The molecule has 0 bridgehead atoms. The number of rotatable bonds is 9. The maximum Gasteiger partial charge on any atom is 0.193 e. The lowest BCUT2D eigenvalue weighted by molar-refractivity contribution is 0.0536. The van der Waals surface area contributed by atoms with Crippen LogP contribution in [-0.4, -0.2) is 70.6 Å². The predicted molar refractivity (Wildman–Crippen MR) is 120 cm³/mol. The molecule has 1 fully saturated rings. The molecule has 0 aliphatic carbocycles. The third-order valence-electron chi connectivity index (χ3n) is 4.55. The molecule has 0 radical (unpaired) electrons. The Morgan fingerprint density at radius 2 is 2.11 bits per heavy atom. The Bertz CT molecular complexity index is 571. The fraction of sp³-hybridized carbons (Fsp3) is 0.650. The van der Waals surface area contributed by atoms with Crippen LogP contribution in [0.3, 0.4) is 0 Å². The van der Waals surface area contributed by atoms with E-state index in [0.717, 1.165) is 43.4 Å². The van der Waals surface area contributed by atoms with Crippen molar-refractivity contribution in [3.63, 3.8) is 0 Å². The predicted octanol–water partition coefficient (Wildman–Crippen LogP) is 2.94. The number of methoxy groups -OCH3 is 1. The van der Waals surface area contributed by atoms with Gasteiger partial charge in [-0.1, -0.05) is 18.2 Å². The number of aryl methyl sites for hydroxylation is 1. The summed E-state index contributed by atoms with van der Waals surface area (Å²) in [7, 11) is 3.53. The van der Waals surface area contributed by atoms with Crippen molar-refractivity contribution in [2.45, 2.75) is 26.4 Å². The van der Waals surface area contributed by atoms with E-state index in [2.05, 4.69) is 35.1 Å². The van der Waals surface area contributed by atoms with Crippen LogP contribution >= 0.6 is 24.0 Å². The lowest BCUT2D eigenvalue weighted by Gasteiger charge is -2.24. The molecule has 7 heteroatoms. The highest BCUT2D eigenvalue weighted by Crippen LogP contribution is 2.18. The van der Waals surface area contributed by atoms with E-state index >= 15 is 0 Å². The Morgan fingerprint density at radius 3 is 2.81 bits per heavy atom. The summed E-state index contributed by atoms with van der Waals surface area (Å²) in [5.74, 6) is 2.42. The molecule has 0 saturated carbocycles. The normalized spacial score (nSPS) is 18.1. The zero-order valence-corrected chi connectivity index (χ0v) is 19.3. The number of benzene rings is 1. The Kier molecular flexibility index (Phi) is 11.7. The van der Waals surface area contributed by atoms with E-state index in [4.69, 9.17) is 14.2 Å². The van der Waals surface area contributed by atoms with Crippen LogP contribution in [0.4, 0.5) is 0 Å². The van der Waals surface area contributed by atoms with Gasteiger partial charge in [-0.3, -0.25) is 4.99 Å². The Morgan fingerprint density at radius 1 is 1.33 bits per heavy atom. The summed E-state index contributed by atoms with van der Waals surface area (Å²) in [6, 6.07) is 8.10. The molecule has 27 heavy (non-hydrogen) atoms. The number of para-hydroxylation sites is 1. The summed E-state index contributed by atoms with van der Waals surface area (Å²) >= 11 is 0. The van der Waals surface area contributed by atoms with Gasteiger partial charge in [-0.25, -0.2) is 0 Å². The molecule has 1 N–H and O–H groups in total. The van der Waals surface area contributed by atoms with Gasteiger partial charge in [0.15, 0.2) is 5.96 Å². The van der Waals surface area contributed by atoms with Gasteiger partial charge in [-0.15, -0.1) is 24.0 Å². The summed E-state index contributed by atoms with van der Waals surface area (Å²) < 4.78 is 16.7. The largest absolute Gasteiger partial charge is 0.489 e. The molecule has 1 aromatic rings. The highest BCUT2D eigenvalue weighted by Gasteiger charge is 2.25. The minimum absolute atomic E-state index is 0. The summed E-state index contributed by atoms with van der Waals surface area (Å²) in [5.41, 5.74) is 1.15. The van der Waals surface area contributed by atoms with Gasteiger partial charge in [0.2, 0.25) is 0 Å². The van der Waals surface area contributed by atoms with E-state index in [9.17, 15) is 0 Å². The zero-order valence-electron chi connectivity index (χ0n) is 16.9. The van der Waals surface area contributed by atoms with Crippen molar-refractivity contribution in [2.24, 2.45) is 10.9 Å². The van der Waals surface area contributed by atoms with E-state index in [1.54, 1.807) is 7.11 Å². The summed E-state index contributed by atoms with van der Waals surface area (Å²) in [6.07, 6.45) is 1.19. The third kappa shape index (κ3) is 8.23. The van der Waals surface area contributed by atoms with E-state index in [1.165, 1.54) is 0 Å². The number of hydrogen-bond donors (Lipinski definition) is 1. The van der Waals surface area contributed by atoms with Gasteiger partial charge >= 0.3 is 0 Å². The molecule has 2 rings (SSSR count).